The van der Waals surface area contributed by atoms with Gasteiger partial charge in [0.1, 0.15) is 6.54 Å². The van der Waals surface area contributed by atoms with Crippen molar-refractivity contribution in [2.75, 3.05) is 6.54 Å². The average Bonchev–Trinajstić information content (AvgIpc) is 2.52. The number of benzene rings is 1. The van der Waals surface area contributed by atoms with E-state index in [0.717, 1.165) is 0 Å². The SMILES string of the molecule is CC1=[N+]2CCCc3cccc(c32)C1(C)C.[O-][Cl+3]([O-])([O-])[O-]. The van der Waals surface area contributed by atoms with Gasteiger partial charge in [0.25, 0.3) is 0 Å². The van der Waals surface area contributed by atoms with E-state index >= 15 is 0 Å². The van der Waals surface area contributed by atoms with Gasteiger partial charge in [-0.3, -0.25) is 0 Å². The molecule has 0 spiro atoms. The van der Waals surface area contributed by atoms with Crippen LogP contribution >= 0.6 is 0 Å². The average molecular weight is 300 g/mol. The van der Waals surface area contributed by atoms with Crippen LogP contribution in [0.25, 0.3) is 0 Å². The summed E-state index contributed by atoms with van der Waals surface area (Å²) >= 11 is 0. The van der Waals surface area contributed by atoms with E-state index in [2.05, 4.69) is 43.5 Å². The number of aryl methyl sites for hydroxylation is 1. The third-order valence-corrected chi connectivity index (χ3v) is 4.20. The molecule has 3 rings (SSSR count). The maximum absolute atomic E-state index is 8.49. The Morgan fingerprint density at radius 2 is 1.75 bits per heavy atom. The Morgan fingerprint density at radius 1 is 1.15 bits per heavy atom. The zero-order valence-electron chi connectivity index (χ0n) is 11.8. The second-order valence-corrected chi connectivity index (χ2v) is 6.41. The summed E-state index contributed by atoms with van der Waals surface area (Å²) in [6.07, 6.45) is 2.55. The summed E-state index contributed by atoms with van der Waals surface area (Å²) in [6.45, 7) is 8.18. The van der Waals surface area contributed by atoms with Crippen molar-refractivity contribution in [3.63, 3.8) is 0 Å². The van der Waals surface area contributed by atoms with Gasteiger partial charge in [-0.1, -0.05) is 18.2 Å². The molecule has 2 aliphatic heterocycles. The van der Waals surface area contributed by atoms with Crippen molar-refractivity contribution in [1.82, 2.24) is 0 Å². The molecule has 2 aliphatic rings. The molecule has 1 aromatic rings. The maximum Gasteiger partial charge on any atom is 0.212 e. The molecule has 0 amide bonds. The van der Waals surface area contributed by atoms with E-state index in [-0.39, 0.29) is 5.41 Å². The van der Waals surface area contributed by atoms with Crippen LogP contribution in [0.1, 0.15) is 38.3 Å². The van der Waals surface area contributed by atoms with Gasteiger partial charge in [-0.25, -0.2) is 18.6 Å². The molecule has 5 nitrogen and oxygen atoms in total. The van der Waals surface area contributed by atoms with Crippen LogP contribution in [0.2, 0.25) is 0 Å². The van der Waals surface area contributed by atoms with Gasteiger partial charge in [0.15, 0.2) is 5.71 Å². The molecule has 0 fully saturated rings. The predicted molar refractivity (Wildman–Crippen MR) is 63.3 cm³/mol. The molecule has 0 bridgehead atoms. The van der Waals surface area contributed by atoms with E-state index in [1.54, 1.807) is 5.56 Å². The number of hydrogen-bond donors (Lipinski definition) is 0. The number of halogens is 1. The lowest BCUT2D eigenvalue weighted by Gasteiger charge is -2.17. The van der Waals surface area contributed by atoms with Crippen LogP contribution in [0.3, 0.4) is 0 Å². The molecule has 6 heteroatoms. The van der Waals surface area contributed by atoms with Gasteiger partial charge in [-0.15, -0.1) is 10.2 Å². The smallest absolute Gasteiger partial charge is 0.212 e. The largest absolute Gasteiger partial charge is 0.222 e. The van der Waals surface area contributed by atoms with Gasteiger partial charge >= 0.3 is 0 Å². The molecule has 2 heterocycles. The lowest BCUT2D eigenvalue weighted by atomic mass is 9.81. The van der Waals surface area contributed by atoms with Crippen molar-refractivity contribution in [3.05, 3.63) is 29.3 Å². The molecule has 0 saturated heterocycles. The fourth-order valence-electron chi connectivity index (χ4n) is 3.02. The van der Waals surface area contributed by atoms with Crippen LogP contribution in [0.15, 0.2) is 18.2 Å². The molecule has 110 valence electrons. The van der Waals surface area contributed by atoms with Crippen LogP contribution in [0.4, 0.5) is 5.69 Å². The Labute approximate surface area is 120 Å². The van der Waals surface area contributed by atoms with E-state index in [1.807, 2.05) is 0 Å². The summed E-state index contributed by atoms with van der Waals surface area (Å²) in [6, 6.07) is 6.81. The molecule has 0 atom stereocenters. The highest BCUT2D eigenvalue weighted by molar-refractivity contribution is 5.93. The van der Waals surface area contributed by atoms with Crippen LogP contribution in [-0.2, 0) is 11.8 Å². The first kappa shape index (κ1) is 15.4. The highest BCUT2D eigenvalue weighted by atomic mass is 35.7. The molecular weight excluding hydrogens is 282 g/mol. The maximum atomic E-state index is 8.49. The molecule has 0 aromatic heterocycles. The lowest BCUT2D eigenvalue weighted by Crippen LogP contribution is -2.68. The van der Waals surface area contributed by atoms with E-state index in [0.29, 0.717) is 0 Å². The normalized spacial score (nSPS) is 19.4. The standard InChI is InChI=1S/C14H18N.ClHO4/c1-10-14(2,3)12-8-4-6-11-7-5-9-15(10)13(11)12;2-1(3,4)5/h4,6,8H,5,7,9H2,1-3H3;(H,2,3,4,5)/q+1;/p-1. The first-order valence-electron chi connectivity index (χ1n) is 6.48. The minimum absolute atomic E-state index is 0.232. The Bertz CT molecular complexity index is 555. The molecule has 0 saturated carbocycles. The molecule has 1 aromatic carbocycles. The third-order valence-electron chi connectivity index (χ3n) is 4.20. The van der Waals surface area contributed by atoms with Crippen molar-refractivity contribution in [2.45, 2.75) is 39.0 Å². The first-order chi connectivity index (χ1) is 9.12. The van der Waals surface area contributed by atoms with Crippen LogP contribution < -0.4 is 18.6 Å². The fraction of sp³-hybridized carbons (Fsp3) is 0.500. The zero-order valence-corrected chi connectivity index (χ0v) is 12.6. The lowest BCUT2D eigenvalue weighted by molar-refractivity contribution is -2.00. The van der Waals surface area contributed by atoms with Crippen molar-refractivity contribution in [3.8, 4) is 0 Å². The second-order valence-electron chi connectivity index (χ2n) is 5.66. The number of nitrogens with zero attached hydrogens (tertiary/aromatic N) is 1. The van der Waals surface area contributed by atoms with Gasteiger partial charge in [-0.2, -0.15) is 4.58 Å². The minimum Gasteiger partial charge on any atom is -0.222 e. The topological polar surface area (TPSA) is 95.2 Å². The Morgan fingerprint density at radius 3 is 2.35 bits per heavy atom. The Kier molecular flexibility index (Phi) is 3.92. The van der Waals surface area contributed by atoms with Crippen molar-refractivity contribution >= 4 is 11.4 Å². The monoisotopic (exact) mass is 299 g/mol. The minimum atomic E-state index is -4.94. The van der Waals surface area contributed by atoms with E-state index in [9.17, 15) is 0 Å². The molecular formula is C14H18ClNO4. The van der Waals surface area contributed by atoms with Gasteiger partial charge < -0.3 is 0 Å². The summed E-state index contributed by atoms with van der Waals surface area (Å²) in [5, 5.41) is 0. The van der Waals surface area contributed by atoms with Gasteiger partial charge in [0, 0.05) is 24.5 Å². The van der Waals surface area contributed by atoms with E-state index < -0.39 is 10.2 Å². The van der Waals surface area contributed by atoms with Gasteiger partial charge in [0.05, 0.1) is 5.41 Å². The quantitative estimate of drug-likeness (QED) is 0.532. The van der Waals surface area contributed by atoms with Crippen molar-refractivity contribution in [1.29, 1.82) is 0 Å². The summed E-state index contributed by atoms with van der Waals surface area (Å²) in [4.78, 5) is 0. The van der Waals surface area contributed by atoms with Crippen molar-refractivity contribution < 1.29 is 33.5 Å². The van der Waals surface area contributed by atoms with Crippen LogP contribution in [0, 0.1) is 10.2 Å². The predicted octanol–water partition coefficient (Wildman–Crippen LogP) is -1.73. The first-order valence-corrected chi connectivity index (χ1v) is 7.71. The van der Waals surface area contributed by atoms with E-state index in [4.69, 9.17) is 18.6 Å². The number of rotatable bonds is 0. The second kappa shape index (κ2) is 5.09. The number of para-hydroxylation sites is 1. The molecule has 0 radical (unpaired) electrons. The highest BCUT2D eigenvalue weighted by Crippen LogP contribution is 2.43. The summed E-state index contributed by atoms with van der Waals surface area (Å²) in [5.74, 6) is 0. The fourth-order valence-corrected chi connectivity index (χ4v) is 3.02. The van der Waals surface area contributed by atoms with Crippen LogP contribution in [-0.4, -0.2) is 16.8 Å². The summed E-state index contributed by atoms with van der Waals surface area (Å²) in [5.41, 5.74) is 6.34. The Hall–Kier alpha value is -0.980. The van der Waals surface area contributed by atoms with Crippen LogP contribution in [0.5, 0.6) is 0 Å². The van der Waals surface area contributed by atoms with Gasteiger partial charge in [0.2, 0.25) is 5.69 Å². The number of hydrogen-bond acceptors (Lipinski definition) is 4. The highest BCUT2D eigenvalue weighted by Gasteiger charge is 2.45. The van der Waals surface area contributed by atoms with Crippen molar-refractivity contribution in [2.24, 2.45) is 0 Å². The Balaban J connectivity index is 0.000000257. The van der Waals surface area contributed by atoms with E-state index in [1.165, 1.54) is 36.3 Å². The van der Waals surface area contributed by atoms with Gasteiger partial charge in [-0.05, 0) is 20.3 Å². The molecule has 0 unspecified atom stereocenters. The summed E-state index contributed by atoms with van der Waals surface area (Å²) < 4.78 is 36.5. The molecule has 20 heavy (non-hydrogen) atoms. The molecule has 0 N–H and O–H groups in total. The third kappa shape index (κ3) is 2.87. The molecule has 0 aliphatic carbocycles. The summed E-state index contributed by atoms with van der Waals surface area (Å²) in [7, 11) is -4.94. The zero-order chi connectivity index (χ0) is 15.1.